The van der Waals surface area contributed by atoms with Crippen molar-refractivity contribution in [3.8, 4) is 0 Å². The van der Waals surface area contributed by atoms with E-state index in [9.17, 15) is 4.79 Å². The van der Waals surface area contributed by atoms with Crippen molar-refractivity contribution < 1.29 is 10.0 Å². The topological polar surface area (TPSA) is 78.9 Å². The fourth-order valence-corrected chi connectivity index (χ4v) is 2.57. The van der Waals surface area contributed by atoms with E-state index in [2.05, 4.69) is 19.0 Å². The maximum absolute atomic E-state index is 12.4. The molecule has 0 atom stereocenters. The highest BCUT2D eigenvalue weighted by Crippen LogP contribution is 2.38. The molecule has 0 aromatic rings. The Balaban J connectivity index is 2.83. The lowest BCUT2D eigenvalue weighted by atomic mass is 9.82. The van der Waals surface area contributed by atoms with Crippen LogP contribution in [0.2, 0.25) is 0 Å². The van der Waals surface area contributed by atoms with Gasteiger partial charge in [0.15, 0.2) is 5.84 Å². The first kappa shape index (κ1) is 14.8. The van der Waals surface area contributed by atoms with Crippen molar-refractivity contribution in [2.24, 2.45) is 21.7 Å². The van der Waals surface area contributed by atoms with Gasteiger partial charge < -0.3 is 15.8 Å². The average molecular weight is 255 g/mol. The van der Waals surface area contributed by atoms with Crippen LogP contribution in [0, 0.1) is 10.8 Å². The zero-order valence-corrected chi connectivity index (χ0v) is 11.9. The highest BCUT2D eigenvalue weighted by atomic mass is 16.4. The van der Waals surface area contributed by atoms with Gasteiger partial charge in [-0.15, -0.1) is 0 Å². The van der Waals surface area contributed by atoms with E-state index in [1.165, 1.54) is 0 Å². The second-order valence-electron chi connectivity index (χ2n) is 5.79. The minimum atomic E-state index is -0.938. The molecule has 0 aromatic carbocycles. The van der Waals surface area contributed by atoms with Crippen molar-refractivity contribution in [2.45, 2.75) is 47.0 Å². The van der Waals surface area contributed by atoms with Crippen molar-refractivity contribution in [2.75, 3.05) is 13.1 Å². The van der Waals surface area contributed by atoms with Crippen LogP contribution >= 0.6 is 0 Å². The first-order chi connectivity index (χ1) is 8.33. The van der Waals surface area contributed by atoms with E-state index in [0.717, 1.165) is 32.4 Å². The van der Waals surface area contributed by atoms with Crippen molar-refractivity contribution in [3.63, 3.8) is 0 Å². The fraction of sp³-hybridized carbons (Fsp3) is 0.846. The molecule has 18 heavy (non-hydrogen) atoms. The van der Waals surface area contributed by atoms with Crippen LogP contribution in [0.15, 0.2) is 5.16 Å². The Labute approximate surface area is 109 Å². The maximum Gasteiger partial charge on any atom is 0.235 e. The molecule has 1 fully saturated rings. The molecule has 1 aliphatic rings. The number of hydrogen-bond donors (Lipinski definition) is 2. The van der Waals surface area contributed by atoms with Gasteiger partial charge in [-0.3, -0.25) is 4.79 Å². The van der Waals surface area contributed by atoms with E-state index >= 15 is 0 Å². The number of rotatable bonds is 4. The highest BCUT2D eigenvalue weighted by molar-refractivity contribution is 6.05. The van der Waals surface area contributed by atoms with Crippen LogP contribution in [0.3, 0.4) is 0 Å². The summed E-state index contributed by atoms with van der Waals surface area (Å²) < 4.78 is 0. The SMILES string of the molecule is CCC1(CC)CCN(C(=O)C(C)(C)C(N)=NO)C1. The molecule has 0 spiro atoms. The van der Waals surface area contributed by atoms with E-state index in [-0.39, 0.29) is 17.2 Å². The van der Waals surface area contributed by atoms with Crippen LogP contribution in [-0.4, -0.2) is 34.9 Å². The number of amidine groups is 1. The van der Waals surface area contributed by atoms with Gasteiger partial charge in [-0.25, -0.2) is 0 Å². The first-order valence-electron chi connectivity index (χ1n) is 6.60. The van der Waals surface area contributed by atoms with Gasteiger partial charge in [-0.05, 0) is 38.5 Å². The highest BCUT2D eigenvalue weighted by Gasteiger charge is 2.43. The summed E-state index contributed by atoms with van der Waals surface area (Å²) in [5, 5.41) is 11.7. The van der Waals surface area contributed by atoms with E-state index < -0.39 is 5.41 Å². The zero-order chi connectivity index (χ0) is 14.0. The second kappa shape index (κ2) is 5.16. The Hall–Kier alpha value is -1.26. The molecular formula is C13H25N3O2. The summed E-state index contributed by atoms with van der Waals surface area (Å²) in [6.07, 6.45) is 3.20. The maximum atomic E-state index is 12.4. The Morgan fingerprint density at radius 3 is 2.39 bits per heavy atom. The molecule has 1 heterocycles. The molecule has 0 saturated carbocycles. The summed E-state index contributed by atoms with van der Waals surface area (Å²) >= 11 is 0. The number of carbonyl (C=O) groups is 1. The summed E-state index contributed by atoms with van der Waals surface area (Å²) in [7, 11) is 0. The fourth-order valence-electron chi connectivity index (χ4n) is 2.57. The van der Waals surface area contributed by atoms with Crippen LogP contribution in [-0.2, 0) is 4.79 Å². The molecule has 3 N–H and O–H groups in total. The Bertz CT molecular complexity index is 346. The monoisotopic (exact) mass is 255 g/mol. The summed E-state index contributed by atoms with van der Waals surface area (Å²) in [4.78, 5) is 14.3. The number of nitrogens with zero attached hydrogens (tertiary/aromatic N) is 2. The lowest BCUT2D eigenvalue weighted by Gasteiger charge is -2.30. The lowest BCUT2D eigenvalue weighted by Crippen LogP contribution is -2.47. The quantitative estimate of drug-likeness (QED) is 0.348. The van der Waals surface area contributed by atoms with Crippen molar-refractivity contribution in [1.29, 1.82) is 0 Å². The molecule has 1 rings (SSSR count). The van der Waals surface area contributed by atoms with Gasteiger partial charge in [-0.1, -0.05) is 19.0 Å². The Morgan fingerprint density at radius 1 is 1.44 bits per heavy atom. The Morgan fingerprint density at radius 2 is 2.00 bits per heavy atom. The average Bonchev–Trinajstić information content (AvgIpc) is 2.81. The molecule has 0 aliphatic carbocycles. The third kappa shape index (κ3) is 2.44. The van der Waals surface area contributed by atoms with Crippen LogP contribution in [0.25, 0.3) is 0 Å². The number of nitrogens with two attached hydrogens (primary N) is 1. The van der Waals surface area contributed by atoms with Crippen LogP contribution in [0.5, 0.6) is 0 Å². The normalized spacial score (nSPS) is 20.2. The molecule has 104 valence electrons. The predicted octanol–water partition coefficient (Wildman–Crippen LogP) is 1.80. The second-order valence-corrected chi connectivity index (χ2v) is 5.79. The van der Waals surface area contributed by atoms with Crippen molar-refractivity contribution >= 4 is 11.7 Å². The molecule has 5 heteroatoms. The number of likely N-dealkylation sites (tertiary alicyclic amines) is 1. The van der Waals surface area contributed by atoms with Gasteiger partial charge in [0.05, 0.1) is 0 Å². The molecular weight excluding hydrogens is 230 g/mol. The van der Waals surface area contributed by atoms with E-state index in [0.29, 0.717) is 0 Å². The number of oxime groups is 1. The largest absolute Gasteiger partial charge is 0.409 e. The standard InChI is InChI=1S/C13H25N3O2/c1-5-13(6-2)7-8-16(9-13)11(17)12(3,4)10(14)15-18/h18H,5-9H2,1-4H3,(H2,14,15). The molecule has 0 radical (unpaired) electrons. The van der Waals surface area contributed by atoms with Gasteiger partial charge >= 0.3 is 0 Å². The smallest absolute Gasteiger partial charge is 0.235 e. The number of hydrogen-bond acceptors (Lipinski definition) is 3. The third-order valence-electron chi connectivity index (χ3n) is 4.51. The Kier molecular flexibility index (Phi) is 4.24. The molecule has 0 aromatic heterocycles. The minimum Gasteiger partial charge on any atom is -0.409 e. The van der Waals surface area contributed by atoms with Gasteiger partial charge in [0.25, 0.3) is 0 Å². The number of carbonyl (C=O) groups excluding carboxylic acids is 1. The number of amides is 1. The predicted molar refractivity (Wildman–Crippen MR) is 71.4 cm³/mol. The molecule has 1 aliphatic heterocycles. The summed E-state index contributed by atoms with van der Waals surface area (Å²) in [6.45, 7) is 9.28. The van der Waals surface area contributed by atoms with E-state index in [1.54, 1.807) is 13.8 Å². The van der Waals surface area contributed by atoms with Crippen LogP contribution in [0.4, 0.5) is 0 Å². The van der Waals surface area contributed by atoms with Gasteiger partial charge in [0, 0.05) is 13.1 Å². The molecule has 0 unspecified atom stereocenters. The molecule has 0 bridgehead atoms. The minimum absolute atomic E-state index is 0.0296. The van der Waals surface area contributed by atoms with Crippen LogP contribution in [0.1, 0.15) is 47.0 Å². The van der Waals surface area contributed by atoms with Crippen LogP contribution < -0.4 is 5.73 Å². The molecule has 1 amide bonds. The zero-order valence-electron chi connectivity index (χ0n) is 11.9. The third-order valence-corrected chi connectivity index (χ3v) is 4.51. The first-order valence-corrected chi connectivity index (χ1v) is 6.60. The van der Waals surface area contributed by atoms with Gasteiger partial charge in [-0.2, -0.15) is 0 Å². The molecule has 5 nitrogen and oxygen atoms in total. The van der Waals surface area contributed by atoms with Gasteiger partial charge in [0.2, 0.25) is 5.91 Å². The molecule has 1 saturated heterocycles. The van der Waals surface area contributed by atoms with Crippen molar-refractivity contribution in [1.82, 2.24) is 4.90 Å². The van der Waals surface area contributed by atoms with E-state index in [4.69, 9.17) is 10.9 Å². The van der Waals surface area contributed by atoms with E-state index in [1.807, 2.05) is 4.90 Å². The summed E-state index contributed by atoms with van der Waals surface area (Å²) in [5.41, 5.74) is 4.91. The van der Waals surface area contributed by atoms with Crippen molar-refractivity contribution in [3.05, 3.63) is 0 Å². The van der Waals surface area contributed by atoms with Gasteiger partial charge in [0.1, 0.15) is 5.41 Å². The summed E-state index contributed by atoms with van der Waals surface area (Å²) in [5.74, 6) is -0.0837. The summed E-state index contributed by atoms with van der Waals surface area (Å²) in [6, 6.07) is 0. The lowest BCUT2D eigenvalue weighted by molar-refractivity contribution is -0.136.